The van der Waals surface area contributed by atoms with Crippen molar-refractivity contribution in [3.63, 3.8) is 0 Å². The van der Waals surface area contributed by atoms with Crippen molar-refractivity contribution in [1.29, 1.82) is 0 Å². The zero-order chi connectivity index (χ0) is 19.8. The molecule has 0 unspecified atom stereocenters. The molecule has 1 aliphatic heterocycles. The molecule has 0 radical (unpaired) electrons. The first-order valence-corrected chi connectivity index (χ1v) is 11.2. The number of carbonyl (C=O) groups is 1. The Morgan fingerprint density at radius 2 is 1.96 bits per heavy atom. The van der Waals surface area contributed by atoms with Gasteiger partial charge in [0, 0.05) is 50.5 Å². The third kappa shape index (κ3) is 6.02. The van der Waals surface area contributed by atoms with E-state index in [0.29, 0.717) is 12.3 Å². The summed E-state index contributed by atoms with van der Waals surface area (Å²) in [5.74, 6) is 0.859. The molecule has 1 spiro atoms. The first kappa shape index (κ1) is 21.3. The third-order valence-electron chi connectivity index (χ3n) is 6.31. The van der Waals surface area contributed by atoms with E-state index in [1.54, 1.807) is 0 Å². The van der Waals surface area contributed by atoms with Crippen LogP contribution in [0.3, 0.4) is 0 Å². The van der Waals surface area contributed by atoms with Gasteiger partial charge in [0.1, 0.15) is 0 Å². The molecule has 2 aliphatic rings. The molecule has 1 amide bonds. The van der Waals surface area contributed by atoms with E-state index in [1.165, 1.54) is 37.7 Å². The van der Waals surface area contributed by atoms with Gasteiger partial charge in [-0.3, -0.25) is 19.6 Å². The van der Waals surface area contributed by atoms with Crippen molar-refractivity contribution in [3.05, 3.63) is 30.1 Å². The second kappa shape index (κ2) is 10.4. The summed E-state index contributed by atoms with van der Waals surface area (Å²) in [5, 5.41) is 3.22. The predicted octanol–water partition coefficient (Wildman–Crippen LogP) is 3.45. The minimum Gasteiger partial charge on any atom is -0.355 e. The van der Waals surface area contributed by atoms with Crippen LogP contribution in [0.2, 0.25) is 0 Å². The Morgan fingerprint density at radius 1 is 1.14 bits per heavy atom. The fraction of sp³-hybridized carbons (Fsp3) is 0.739. The highest BCUT2D eigenvalue weighted by Gasteiger charge is 2.39. The number of hydrogen-bond donors (Lipinski definition) is 1. The van der Waals surface area contributed by atoms with E-state index in [2.05, 4.69) is 40.0 Å². The summed E-state index contributed by atoms with van der Waals surface area (Å²) in [6, 6.07) is 4.14. The Morgan fingerprint density at radius 3 is 2.68 bits per heavy atom. The molecule has 2 heterocycles. The molecular formula is C23H38N4O. The highest BCUT2D eigenvalue weighted by molar-refractivity contribution is 5.77. The van der Waals surface area contributed by atoms with Crippen LogP contribution in [0.4, 0.5) is 0 Å². The lowest BCUT2D eigenvalue weighted by molar-refractivity contribution is -0.125. The van der Waals surface area contributed by atoms with Crippen LogP contribution in [0.15, 0.2) is 24.5 Å². The Kier molecular flexibility index (Phi) is 7.86. The fourth-order valence-corrected chi connectivity index (χ4v) is 5.00. The van der Waals surface area contributed by atoms with Crippen LogP contribution in [0, 0.1) is 5.92 Å². The topological polar surface area (TPSA) is 48.5 Å². The number of amides is 1. The SMILES string of the molecule is CC(C)CN1CCCN(Cc2cccnc2)CCNC(=O)CC12CCCCC2. The number of hydrogen-bond acceptors (Lipinski definition) is 4. The summed E-state index contributed by atoms with van der Waals surface area (Å²) in [6.45, 7) is 10.4. The third-order valence-corrected chi connectivity index (χ3v) is 6.31. The van der Waals surface area contributed by atoms with Crippen molar-refractivity contribution < 1.29 is 4.79 Å². The van der Waals surface area contributed by atoms with Gasteiger partial charge in [-0.15, -0.1) is 0 Å². The van der Waals surface area contributed by atoms with Gasteiger partial charge in [-0.05, 0) is 49.9 Å². The van der Waals surface area contributed by atoms with Gasteiger partial charge in [0.25, 0.3) is 0 Å². The van der Waals surface area contributed by atoms with Crippen LogP contribution in [0.25, 0.3) is 0 Å². The first-order valence-electron chi connectivity index (χ1n) is 11.2. The van der Waals surface area contributed by atoms with Crippen molar-refractivity contribution in [2.75, 3.05) is 32.7 Å². The quantitative estimate of drug-likeness (QED) is 0.861. The van der Waals surface area contributed by atoms with Crippen LogP contribution >= 0.6 is 0 Å². The zero-order valence-corrected chi connectivity index (χ0v) is 17.8. The van der Waals surface area contributed by atoms with E-state index >= 15 is 0 Å². The van der Waals surface area contributed by atoms with Crippen LogP contribution < -0.4 is 5.32 Å². The smallest absolute Gasteiger partial charge is 0.221 e. The summed E-state index contributed by atoms with van der Waals surface area (Å²) in [4.78, 5) is 22.2. The number of aromatic nitrogens is 1. The maximum atomic E-state index is 12.8. The van der Waals surface area contributed by atoms with Crippen molar-refractivity contribution in [3.8, 4) is 0 Å². The van der Waals surface area contributed by atoms with Crippen molar-refractivity contribution in [1.82, 2.24) is 20.1 Å². The molecule has 1 saturated carbocycles. The highest BCUT2D eigenvalue weighted by atomic mass is 16.1. The second-order valence-corrected chi connectivity index (χ2v) is 9.14. The minimum atomic E-state index is 0.0745. The van der Waals surface area contributed by atoms with E-state index in [4.69, 9.17) is 0 Å². The summed E-state index contributed by atoms with van der Waals surface area (Å²) in [7, 11) is 0. The summed E-state index contributed by atoms with van der Waals surface area (Å²) in [5.41, 5.74) is 1.32. The van der Waals surface area contributed by atoms with E-state index in [0.717, 1.165) is 45.7 Å². The number of rotatable bonds is 4. The molecule has 0 bridgehead atoms. The molecule has 1 saturated heterocycles. The van der Waals surface area contributed by atoms with Gasteiger partial charge in [0.2, 0.25) is 5.91 Å². The Bertz CT molecular complexity index is 598. The van der Waals surface area contributed by atoms with Crippen molar-refractivity contribution in [2.45, 2.75) is 70.9 Å². The molecule has 1 aromatic heterocycles. The maximum Gasteiger partial charge on any atom is 0.221 e. The van der Waals surface area contributed by atoms with Gasteiger partial charge >= 0.3 is 0 Å². The number of nitrogens with one attached hydrogen (secondary N) is 1. The second-order valence-electron chi connectivity index (χ2n) is 9.14. The first-order chi connectivity index (χ1) is 13.6. The molecule has 3 rings (SSSR count). The number of nitrogens with zero attached hydrogens (tertiary/aromatic N) is 3. The largest absolute Gasteiger partial charge is 0.355 e. The number of carbonyl (C=O) groups excluding carboxylic acids is 1. The van der Waals surface area contributed by atoms with Crippen LogP contribution in [-0.4, -0.2) is 59.0 Å². The molecule has 5 heteroatoms. The van der Waals surface area contributed by atoms with Gasteiger partial charge < -0.3 is 5.32 Å². The van der Waals surface area contributed by atoms with E-state index in [-0.39, 0.29) is 11.4 Å². The molecule has 156 valence electrons. The van der Waals surface area contributed by atoms with Crippen LogP contribution in [-0.2, 0) is 11.3 Å². The van der Waals surface area contributed by atoms with Gasteiger partial charge in [-0.2, -0.15) is 0 Å². The number of pyridine rings is 1. The van der Waals surface area contributed by atoms with Gasteiger partial charge in [-0.1, -0.05) is 39.2 Å². The minimum absolute atomic E-state index is 0.0745. The standard InChI is InChI=1S/C23H38N4O/c1-20(2)18-27-14-7-13-26(19-21-8-6-11-24-17-21)15-12-25-22(28)16-23(27)9-4-3-5-10-23/h6,8,11,17,20H,3-5,7,9-10,12-16,18-19H2,1-2H3,(H,25,28). The molecular weight excluding hydrogens is 348 g/mol. The lowest BCUT2D eigenvalue weighted by atomic mass is 9.77. The molecule has 1 N–H and O–H groups in total. The van der Waals surface area contributed by atoms with Crippen molar-refractivity contribution in [2.24, 2.45) is 5.92 Å². The maximum absolute atomic E-state index is 12.8. The Hall–Kier alpha value is -1.46. The molecule has 2 fully saturated rings. The van der Waals surface area contributed by atoms with E-state index in [9.17, 15) is 4.79 Å². The lowest BCUT2D eigenvalue weighted by Gasteiger charge is -2.47. The van der Waals surface area contributed by atoms with E-state index < -0.39 is 0 Å². The Labute approximate surface area is 170 Å². The average molecular weight is 387 g/mol. The lowest BCUT2D eigenvalue weighted by Crippen LogP contribution is -2.54. The van der Waals surface area contributed by atoms with Crippen LogP contribution in [0.5, 0.6) is 0 Å². The normalized spacial score (nSPS) is 22.8. The highest BCUT2D eigenvalue weighted by Crippen LogP contribution is 2.37. The molecule has 0 aromatic carbocycles. The monoisotopic (exact) mass is 386 g/mol. The van der Waals surface area contributed by atoms with Gasteiger partial charge in [0.05, 0.1) is 0 Å². The summed E-state index contributed by atoms with van der Waals surface area (Å²) < 4.78 is 0. The van der Waals surface area contributed by atoms with E-state index in [1.807, 2.05) is 18.5 Å². The van der Waals surface area contributed by atoms with Crippen molar-refractivity contribution >= 4 is 5.91 Å². The van der Waals surface area contributed by atoms with Gasteiger partial charge in [-0.25, -0.2) is 0 Å². The average Bonchev–Trinajstić information content (AvgIpc) is 2.70. The Balaban J connectivity index is 1.72. The van der Waals surface area contributed by atoms with Crippen LogP contribution in [0.1, 0.15) is 64.4 Å². The molecule has 5 nitrogen and oxygen atoms in total. The summed E-state index contributed by atoms with van der Waals surface area (Å²) >= 11 is 0. The fourth-order valence-electron chi connectivity index (χ4n) is 5.00. The molecule has 1 aliphatic carbocycles. The predicted molar refractivity (Wildman–Crippen MR) is 114 cm³/mol. The molecule has 1 aromatic rings. The van der Waals surface area contributed by atoms with Gasteiger partial charge in [0.15, 0.2) is 0 Å². The zero-order valence-electron chi connectivity index (χ0n) is 17.8. The molecule has 0 atom stereocenters. The molecule has 28 heavy (non-hydrogen) atoms. The summed E-state index contributed by atoms with van der Waals surface area (Å²) in [6.07, 6.45) is 11.8.